The Labute approximate surface area is 89.1 Å². The zero-order valence-electron chi connectivity index (χ0n) is 8.42. The zero-order chi connectivity index (χ0) is 11.5. The van der Waals surface area contributed by atoms with E-state index in [1.165, 1.54) is 4.90 Å². The van der Waals surface area contributed by atoms with Crippen LogP contribution in [0.1, 0.15) is 19.3 Å². The molecule has 1 aliphatic heterocycles. The Kier molecular flexibility index (Phi) is 4.06. The van der Waals surface area contributed by atoms with E-state index in [4.69, 9.17) is 10.2 Å². The van der Waals surface area contributed by atoms with Gasteiger partial charge in [0.05, 0.1) is 0 Å². The summed E-state index contributed by atoms with van der Waals surface area (Å²) in [4.78, 5) is 12.9. The molecule has 0 saturated carbocycles. The van der Waals surface area contributed by atoms with Gasteiger partial charge in [-0.1, -0.05) is 0 Å². The van der Waals surface area contributed by atoms with Crippen LogP contribution in [0.2, 0.25) is 0 Å². The van der Waals surface area contributed by atoms with Crippen LogP contribution in [0.5, 0.6) is 0 Å². The molecule has 0 aromatic carbocycles. The Hall–Kier alpha value is -0.660. The molecular formula is C8H16N2O4S. The molecule has 88 valence electrons. The minimum atomic E-state index is -3.61. The quantitative estimate of drug-likeness (QED) is 0.576. The highest BCUT2D eigenvalue weighted by molar-refractivity contribution is 7.89. The summed E-state index contributed by atoms with van der Waals surface area (Å²) in [6.07, 6.45) is 1.28. The summed E-state index contributed by atoms with van der Waals surface area (Å²) in [5.41, 5.74) is 0. The van der Waals surface area contributed by atoms with Crippen molar-refractivity contribution in [3.63, 3.8) is 0 Å². The van der Waals surface area contributed by atoms with Crippen molar-refractivity contribution >= 4 is 15.9 Å². The maximum absolute atomic E-state index is 11.4. The second-order valence-electron chi connectivity index (χ2n) is 3.69. The maximum Gasteiger partial charge on any atom is 0.224 e. The highest BCUT2D eigenvalue weighted by Gasteiger charge is 2.35. The number of primary sulfonamides is 1. The van der Waals surface area contributed by atoms with Crippen molar-refractivity contribution in [2.75, 3.05) is 19.7 Å². The number of carbonyl (C=O) groups excluding carboxylic acids is 1. The fraction of sp³-hybridized carbons (Fsp3) is 0.875. The molecule has 1 heterocycles. The molecule has 1 rings (SSSR count). The number of nitrogens with zero attached hydrogens (tertiary/aromatic N) is 1. The molecule has 1 fully saturated rings. The topological polar surface area (TPSA) is 101 Å². The Morgan fingerprint density at radius 1 is 1.47 bits per heavy atom. The van der Waals surface area contributed by atoms with Gasteiger partial charge in [-0.15, -0.1) is 0 Å². The Morgan fingerprint density at radius 2 is 2.13 bits per heavy atom. The van der Waals surface area contributed by atoms with Gasteiger partial charge in [0.1, 0.15) is 5.25 Å². The van der Waals surface area contributed by atoms with Gasteiger partial charge in [0.25, 0.3) is 0 Å². The number of carbonyl (C=O) groups is 1. The first-order chi connectivity index (χ1) is 6.95. The summed E-state index contributed by atoms with van der Waals surface area (Å²) in [5, 5.41) is 12.8. The third-order valence-electron chi connectivity index (χ3n) is 2.48. The van der Waals surface area contributed by atoms with Crippen molar-refractivity contribution < 1.29 is 18.3 Å². The fourth-order valence-corrected chi connectivity index (χ4v) is 2.35. The van der Waals surface area contributed by atoms with Gasteiger partial charge in [0.15, 0.2) is 0 Å². The smallest absolute Gasteiger partial charge is 0.224 e. The van der Waals surface area contributed by atoms with Crippen molar-refractivity contribution in [1.82, 2.24) is 4.90 Å². The minimum absolute atomic E-state index is 0.0159. The molecule has 0 radical (unpaired) electrons. The number of amides is 1. The van der Waals surface area contributed by atoms with Crippen molar-refractivity contribution in [1.29, 1.82) is 0 Å². The van der Waals surface area contributed by atoms with Crippen LogP contribution in [0, 0.1) is 0 Å². The average molecular weight is 236 g/mol. The second kappa shape index (κ2) is 4.91. The van der Waals surface area contributed by atoms with Gasteiger partial charge >= 0.3 is 0 Å². The predicted molar refractivity (Wildman–Crippen MR) is 54.4 cm³/mol. The molecule has 1 unspecified atom stereocenters. The van der Waals surface area contributed by atoms with E-state index < -0.39 is 15.3 Å². The standard InChI is InChI=1S/C8H16N2O4S/c9-15(13,14)7-5-8(12)10(6-7)3-1-2-4-11/h7,11H,1-6H2,(H2,9,13,14). The molecule has 1 saturated heterocycles. The van der Waals surface area contributed by atoms with Gasteiger partial charge in [0.2, 0.25) is 15.9 Å². The van der Waals surface area contributed by atoms with Gasteiger partial charge in [-0.05, 0) is 12.8 Å². The van der Waals surface area contributed by atoms with E-state index in [0.717, 1.165) is 0 Å². The average Bonchev–Trinajstić information content (AvgIpc) is 2.48. The van der Waals surface area contributed by atoms with Crippen molar-refractivity contribution in [3.8, 4) is 0 Å². The van der Waals surface area contributed by atoms with Crippen molar-refractivity contribution in [2.45, 2.75) is 24.5 Å². The molecule has 0 aliphatic carbocycles. The lowest BCUT2D eigenvalue weighted by Gasteiger charge is -2.15. The van der Waals surface area contributed by atoms with Crippen LogP contribution in [0.4, 0.5) is 0 Å². The first-order valence-corrected chi connectivity index (χ1v) is 6.46. The molecule has 0 bridgehead atoms. The number of hydrogen-bond donors (Lipinski definition) is 2. The molecule has 7 heteroatoms. The Bertz CT molecular complexity index is 328. The van der Waals surface area contributed by atoms with Crippen LogP contribution >= 0.6 is 0 Å². The fourth-order valence-electron chi connectivity index (χ4n) is 1.59. The molecule has 0 aromatic heterocycles. The van der Waals surface area contributed by atoms with E-state index in [-0.39, 0.29) is 25.5 Å². The second-order valence-corrected chi connectivity index (χ2v) is 5.53. The third kappa shape index (κ3) is 3.44. The van der Waals surface area contributed by atoms with Gasteiger partial charge in [-0.2, -0.15) is 0 Å². The van der Waals surface area contributed by atoms with Crippen LogP contribution in [0.3, 0.4) is 0 Å². The normalized spacial score (nSPS) is 22.4. The summed E-state index contributed by atoms with van der Waals surface area (Å²) in [6, 6.07) is 0. The lowest BCUT2D eigenvalue weighted by atomic mass is 10.3. The maximum atomic E-state index is 11.4. The van der Waals surface area contributed by atoms with E-state index >= 15 is 0 Å². The first-order valence-electron chi connectivity index (χ1n) is 4.85. The van der Waals surface area contributed by atoms with Crippen LogP contribution in [0.15, 0.2) is 0 Å². The highest BCUT2D eigenvalue weighted by Crippen LogP contribution is 2.16. The van der Waals surface area contributed by atoms with Gasteiger partial charge in [-0.3, -0.25) is 4.79 Å². The molecule has 0 aromatic rings. The summed E-state index contributed by atoms with van der Waals surface area (Å²) in [5.74, 6) is -0.174. The van der Waals surface area contributed by atoms with E-state index in [2.05, 4.69) is 0 Å². The minimum Gasteiger partial charge on any atom is -0.396 e. The van der Waals surface area contributed by atoms with E-state index in [1.807, 2.05) is 0 Å². The Balaban J connectivity index is 2.46. The van der Waals surface area contributed by atoms with Gasteiger partial charge < -0.3 is 10.0 Å². The SMILES string of the molecule is NS(=O)(=O)C1CC(=O)N(CCCCO)C1. The van der Waals surface area contributed by atoms with Gasteiger partial charge in [0, 0.05) is 26.1 Å². The lowest BCUT2D eigenvalue weighted by Crippen LogP contribution is -2.32. The zero-order valence-corrected chi connectivity index (χ0v) is 9.24. The third-order valence-corrected chi connectivity index (χ3v) is 3.72. The lowest BCUT2D eigenvalue weighted by molar-refractivity contribution is -0.127. The van der Waals surface area contributed by atoms with E-state index in [0.29, 0.717) is 19.4 Å². The molecule has 1 aliphatic rings. The summed E-state index contributed by atoms with van der Waals surface area (Å²) in [6.45, 7) is 0.759. The number of aliphatic hydroxyl groups excluding tert-OH is 1. The molecular weight excluding hydrogens is 220 g/mol. The summed E-state index contributed by atoms with van der Waals surface area (Å²) >= 11 is 0. The number of hydrogen-bond acceptors (Lipinski definition) is 4. The highest BCUT2D eigenvalue weighted by atomic mass is 32.2. The summed E-state index contributed by atoms with van der Waals surface area (Å²) < 4.78 is 22.0. The largest absolute Gasteiger partial charge is 0.396 e. The number of aliphatic hydroxyl groups is 1. The van der Waals surface area contributed by atoms with E-state index in [9.17, 15) is 13.2 Å². The number of nitrogens with two attached hydrogens (primary N) is 1. The van der Waals surface area contributed by atoms with Gasteiger partial charge in [-0.25, -0.2) is 13.6 Å². The predicted octanol–water partition coefficient (Wildman–Crippen LogP) is -1.35. The number of unbranched alkanes of at least 4 members (excludes halogenated alkanes) is 1. The molecule has 15 heavy (non-hydrogen) atoms. The van der Waals surface area contributed by atoms with E-state index in [1.54, 1.807) is 0 Å². The van der Waals surface area contributed by atoms with Crippen LogP contribution in [-0.2, 0) is 14.8 Å². The molecule has 1 amide bonds. The van der Waals surface area contributed by atoms with Crippen LogP contribution in [0.25, 0.3) is 0 Å². The molecule has 3 N–H and O–H groups in total. The molecule has 0 spiro atoms. The van der Waals surface area contributed by atoms with Crippen LogP contribution in [-0.4, -0.2) is 49.3 Å². The molecule has 6 nitrogen and oxygen atoms in total. The number of likely N-dealkylation sites (tertiary alicyclic amines) is 1. The van der Waals surface area contributed by atoms with Crippen LogP contribution < -0.4 is 5.14 Å². The monoisotopic (exact) mass is 236 g/mol. The number of rotatable bonds is 5. The summed E-state index contributed by atoms with van der Waals surface area (Å²) in [7, 11) is -3.61. The van der Waals surface area contributed by atoms with Crippen molar-refractivity contribution in [2.24, 2.45) is 5.14 Å². The number of sulfonamides is 1. The Morgan fingerprint density at radius 3 is 2.60 bits per heavy atom. The molecule has 1 atom stereocenters. The first kappa shape index (κ1) is 12.4. The van der Waals surface area contributed by atoms with Crippen molar-refractivity contribution in [3.05, 3.63) is 0 Å².